The number of ketones is 1. The Morgan fingerprint density at radius 3 is 2.49 bits per heavy atom. The Bertz CT molecular complexity index is 1230. The highest BCUT2D eigenvalue weighted by Gasteiger charge is 2.27. The second-order valence-electron chi connectivity index (χ2n) is 8.36. The Balaban J connectivity index is 1.40. The minimum absolute atomic E-state index is 0.194. The van der Waals surface area contributed by atoms with E-state index < -0.39 is 4.92 Å². The summed E-state index contributed by atoms with van der Waals surface area (Å²) in [6.45, 7) is 1.71. The van der Waals surface area contributed by atoms with Crippen molar-refractivity contribution in [2.45, 2.75) is 19.4 Å². The number of hydrogen-bond donors (Lipinski definition) is 2. The van der Waals surface area contributed by atoms with Gasteiger partial charge in [-0.25, -0.2) is 0 Å². The van der Waals surface area contributed by atoms with Crippen molar-refractivity contribution in [2.24, 2.45) is 5.92 Å². The number of para-hydroxylation sites is 1. The third-order valence-corrected chi connectivity index (χ3v) is 6.11. The lowest BCUT2D eigenvalue weighted by Crippen LogP contribution is -2.38. The largest absolute Gasteiger partial charge is 0.497 e. The van der Waals surface area contributed by atoms with Crippen LogP contribution in [0, 0.1) is 16.0 Å². The maximum atomic E-state index is 13.1. The predicted molar refractivity (Wildman–Crippen MR) is 129 cm³/mol. The van der Waals surface area contributed by atoms with Crippen LogP contribution in [0.5, 0.6) is 5.75 Å². The number of benzene rings is 2. The molecule has 1 aliphatic heterocycles. The summed E-state index contributed by atoms with van der Waals surface area (Å²) in [5, 5.41) is 13.7. The SMILES string of the molecule is COc1ccc(C(=O)c2cccc(N)c2NC(=O)C2CCN(Cc3ccc([N+](=O)[O-])o3)CC2)cc1. The lowest BCUT2D eigenvalue weighted by Gasteiger charge is -2.30. The van der Waals surface area contributed by atoms with Crippen LogP contribution < -0.4 is 15.8 Å². The third-order valence-electron chi connectivity index (χ3n) is 6.11. The summed E-state index contributed by atoms with van der Waals surface area (Å²) in [4.78, 5) is 38.5. The number of carbonyl (C=O) groups is 2. The van der Waals surface area contributed by atoms with Crippen molar-refractivity contribution in [2.75, 3.05) is 31.2 Å². The van der Waals surface area contributed by atoms with E-state index in [2.05, 4.69) is 10.2 Å². The van der Waals surface area contributed by atoms with E-state index in [0.29, 0.717) is 66.5 Å². The molecule has 1 amide bonds. The third kappa shape index (κ3) is 5.49. The number of anilines is 2. The lowest BCUT2D eigenvalue weighted by atomic mass is 9.95. The summed E-state index contributed by atoms with van der Waals surface area (Å²) in [5.74, 6) is 0.172. The number of ether oxygens (including phenoxy) is 1. The van der Waals surface area contributed by atoms with Gasteiger partial charge in [0.25, 0.3) is 0 Å². The quantitative estimate of drug-likeness (QED) is 0.215. The molecule has 3 aromatic rings. The molecule has 0 aliphatic carbocycles. The average molecular weight is 479 g/mol. The predicted octanol–water partition coefficient (Wildman–Crippen LogP) is 3.86. The first kappa shape index (κ1) is 24.0. The number of nitrogens with zero attached hydrogens (tertiary/aromatic N) is 2. The van der Waals surface area contributed by atoms with Crippen molar-refractivity contribution in [3.8, 4) is 5.75 Å². The van der Waals surface area contributed by atoms with E-state index in [9.17, 15) is 19.7 Å². The van der Waals surface area contributed by atoms with Crippen LogP contribution in [0.4, 0.5) is 17.3 Å². The molecule has 0 atom stereocenters. The van der Waals surface area contributed by atoms with Gasteiger partial charge in [0.05, 0.1) is 31.1 Å². The molecule has 0 spiro atoms. The Morgan fingerprint density at radius 1 is 1.14 bits per heavy atom. The van der Waals surface area contributed by atoms with Crippen LogP contribution in [0.2, 0.25) is 0 Å². The maximum absolute atomic E-state index is 13.1. The van der Waals surface area contributed by atoms with Crippen molar-refractivity contribution in [1.29, 1.82) is 0 Å². The molecule has 1 aliphatic rings. The fourth-order valence-electron chi connectivity index (χ4n) is 4.15. The number of nitro groups is 1. The first-order valence-electron chi connectivity index (χ1n) is 11.2. The Morgan fingerprint density at radius 2 is 1.86 bits per heavy atom. The van der Waals surface area contributed by atoms with E-state index >= 15 is 0 Å². The number of rotatable bonds is 8. The van der Waals surface area contributed by atoms with Gasteiger partial charge in [0.2, 0.25) is 5.91 Å². The zero-order valence-corrected chi connectivity index (χ0v) is 19.2. The molecule has 35 heavy (non-hydrogen) atoms. The number of nitrogen functional groups attached to an aromatic ring is 1. The van der Waals surface area contributed by atoms with Crippen LogP contribution >= 0.6 is 0 Å². The van der Waals surface area contributed by atoms with E-state index in [4.69, 9.17) is 14.9 Å². The average Bonchev–Trinajstić information content (AvgIpc) is 3.34. The molecule has 10 nitrogen and oxygen atoms in total. The van der Waals surface area contributed by atoms with Crippen molar-refractivity contribution in [3.63, 3.8) is 0 Å². The molecule has 1 saturated heterocycles. The van der Waals surface area contributed by atoms with E-state index in [1.165, 1.54) is 6.07 Å². The molecular weight excluding hydrogens is 452 g/mol. The van der Waals surface area contributed by atoms with Crippen LogP contribution in [0.25, 0.3) is 0 Å². The molecule has 1 fully saturated rings. The van der Waals surface area contributed by atoms with Gasteiger partial charge in [0, 0.05) is 17.0 Å². The number of nitrogens with one attached hydrogen (secondary N) is 1. The molecule has 2 heterocycles. The summed E-state index contributed by atoms with van der Waals surface area (Å²) in [7, 11) is 1.55. The summed E-state index contributed by atoms with van der Waals surface area (Å²) in [6.07, 6.45) is 1.20. The number of methoxy groups -OCH3 is 1. The molecule has 0 bridgehead atoms. The molecule has 0 radical (unpaired) electrons. The van der Waals surface area contributed by atoms with Crippen molar-refractivity contribution in [1.82, 2.24) is 4.90 Å². The van der Waals surface area contributed by atoms with Gasteiger partial charge in [-0.05, 0) is 68.4 Å². The topological polar surface area (TPSA) is 141 Å². The molecule has 2 aromatic carbocycles. The van der Waals surface area contributed by atoms with Gasteiger partial charge in [-0.15, -0.1) is 0 Å². The second-order valence-corrected chi connectivity index (χ2v) is 8.36. The number of nitrogens with two attached hydrogens (primary N) is 1. The molecule has 3 N–H and O–H groups in total. The van der Waals surface area contributed by atoms with Crippen LogP contribution in [0.15, 0.2) is 59.0 Å². The lowest BCUT2D eigenvalue weighted by molar-refractivity contribution is -0.402. The van der Waals surface area contributed by atoms with Crippen LogP contribution in [-0.4, -0.2) is 41.7 Å². The van der Waals surface area contributed by atoms with Gasteiger partial charge in [-0.2, -0.15) is 0 Å². The first-order chi connectivity index (χ1) is 16.9. The molecular formula is C25H26N4O6. The van der Waals surface area contributed by atoms with E-state index in [1.807, 2.05) is 0 Å². The monoisotopic (exact) mass is 478 g/mol. The Labute approximate surface area is 201 Å². The van der Waals surface area contributed by atoms with Gasteiger partial charge in [0.1, 0.15) is 16.4 Å². The minimum atomic E-state index is -0.566. The first-order valence-corrected chi connectivity index (χ1v) is 11.2. The van der Waals surface area contributed by atoms with Crippen LogP contribution in [-0.2, 0) is 11.3 Å². The Hall–Kier alpha value is -4.18. The number of amides is 1. The van der Waals surface area contributed by atoms with Crippen molar-refractivity contribution >= 4 is 28.9 Å². The fourth-order valence-corrected chi connectivity index (χ4v) is 4.15. The molecule has 1 aromatic heterocycles. The zero-order chi connectivity index (χ0) is 24.9. The molecule has 4 rings (SSSR count). The van der Waals surface area contributed by atoms with Crippen LogP contribution in [0.1, 0.15) is 34.5 Å². The second kappa shape index (κ2) is 10.4. The van der Waals surface area contributed by atoms with Gasteiger partial charge in [-0.1, -0.05) is 6.07 Å². The number of carbonyl (C=O) groups excluding carboxylic acids is 2. The Kier molecular flexibility index (Phi) is 7.11. The van der Waals surface area contributed by atoms with Gasteiger partial charge in [-0.3, -0.25) is 24.6 Å². The number of hydrogen-bond acceptors (Lipinski definition) is 8. The minimum Gasteiger partial charge on any atom is -0.497 e. The fraction of sp³-hybridized carbons (Fsp3) is 0.280. The van der Waals surface area contributed by atoms with Crippen molar-refractivity contribution in [3.05, 3.63) is 81.6 Å². The number of furan rings is 1. The van der Waals surface area contributed by atoms with E-state index in [-0.39, 0.29) is 23.5 Å². The molecule has 182 valence electrons. The summed E-state index contributed by atoms with van der Waals surface area (Å²) in [5.41, 5.74) is 7.54. The molecule has 0 unspecified atom stereocenters. The summed E-state index contributed by atoms with van der Waals surface area (Å²) < 4.78 is 10.4. The number of piperidine rings is 1. The van der Waals surface area contributed by atoms with Crippen molar-refractivity contribution < 1.29 is 23.7 Å². The highest BCUT2D eigenvalue weighted by molar-refractivity contribution is 6.15. The highest BCUT2D eigenvalue weighted by Crippen LogP contribution is 2.29. The standard InChI is InChI=1S/C25H26N4O6/c1-34-18-7-5-16(6-8-18)24(30)20-3-2-4-21(26)23(20)27-25(31)17-11-13-28(14-12-17)15-19-9-10-22(35-19)29(32)33/h2-10,17H,11-15,26H2,1H3,(H,27,31). The highest BCUT2D eigenvalue weighted by atomic mass is 16.6. The normalized spacial score (nSPS) is 14.4. The van der Waals surface area contributed by atoms with E-state index in [0.717, 1.165) is 0 Å². The van der Waals surface area contributed by atoms with Gasteiger partial charge in [0.15, 0.2) is 5.78 Å². The van der Waals surface area contributed by atoms with Crippen LogP contribution in [0.3, 0.4) is 0 Å². The zero-order valence-electron chi connectivity index (χ0n) is 19.2. The molecule has 0 saturated carbocycles. The molecule has 10 heteroatoms. The number of likely N-dealkylation sites (tertiary alicyclic amines) is 1. The maximum Gasteiger partial charge on any atom is 0.433 e. The summed E-state index contributed by atoms with van der Waals surface area (Å²) >= 11 is 0. The summed E-state index contributed by atoms with van der Waals surface area (Å²) in [6, 6.07) is 14.6. The van der Waals surface area contributed by atoms with E-state index in [1.54, 1.807) is 55.6 Å². The van der Waals surface area contributed by atoms with Gasteiger partial charge < -0.3 is 20.2 Å². The van der Waals surface area contributed by atoms with Gasteiger partial charge >= 0.3 is 5.88 Å². The smallest absolute Gasteiger partial charge is 0.433 e.